The number of methoxy groups -OCH3 is 1. The molecule has 0 aliphatic heterocycles. The quantitative estimate of drug-likeness (QED) is 0.894. The van der Waals surface area contributed by atoms with Crippen LogP contribution in [0.3, 0.4) is 0 Å². The van der Waals surface area contributed by atoms with Gasteiger partial charge in [-0.3, -0.25) is 0 Å². The molecule has 0 saturated carbocycles. The van der Waals surface area contributed by atoms with Gasteiger partial charge in [-0.1, -0.05) is 12.1 Å². The van der Waals surface area contributed by atoms with Gasteiger partial charge >= 0.3 is 0 Å². The average Bonchev–Trinajstić information content (AvgIpc) is 2.46. The molecule has 1 aromatic carbocycles. The van der Waals surface area contributed by atoms with Crippen LogP contribution in [0.4, 0.5) is 5.82 Å². The molecule has 2 rings (SSSR count). The number of anilines is 1. The van der Waals surface area contributed by atoms with E-state index < -0.39 is 0 Å². The summed E-state index contributed by atoms with van der Waals surface area (Å²) in [5, 5.41) is 11.9. The molecule has 0 aliphatic carbocycles. The smallest absolute Gasteiger partial charge is 0.144 e. The molecule has 0 atom stereocenters. The average molecular weight is 239 g/mol. The van der Waals surface area contributed by atoms with Gasteiger partial charge < -0.3 is 10.1 Å². The molecular weight excluding hydrogens is 226 g/mol. The maximum absolute atomic E-state index is 8.96. The third kappa shape index (κ3) is 2.11. The van der Waals surface area contributed by atoms with Crippen LogP contribution in [0.2, 0.25) is 0 Å². The molecule has 1 heterocycles. The van der Waals surface area contributed by atoms with Crippen molar-refractivity contribution in [1.82, 2.24) is 4.98 Å². The molecule has 1 N–H and O–H groups in total. The van der Waals surface area contributed by atoms with Gasteiger partial charge in [0, 0.05) is 12.6 Å². The van der Waals surface area contributed by atoms with E-state index in [0.717, 1.165) is 17.0 Å². The first kappa shape index (κ1) is 11.9. The van der Waals surface area contributed by atoms with Gasteiger partial charge in [0.1, 0.15) is 17.6 Å². The molecule has 4 nitrogen and oxygen atoms in total. The lowest BCUT2D eigenvalue weighted by molar-refractivity contribution is 0.416. The van der Waals surface area contributed by atoms with Gasteiger partial charge in [-0.15, -0.1) is 0 Å². The maximum atomic E-state index is 8.96. The van der Waals surface area contributed by atoms with Crippen molar-refractivity contribution >= 4 is 5.82 Å². The fraction of sp³-hybridized carbons (Fsp3) is 0.143. The number of aromatic nitrogens is 1. The summed E-state index contributed by atoms with van der Waals surface area (Å²) in [7, 11) is 3.37. The lowest BCUT2D eigenvalue weighted by atomic mass is 10.1. The number of nitrogens with one attached hydrogen (secondary N) is 1. The van der Waals surface area contributed by atoms with Crippen molar-refractivity contribution in [3.05, 3.63) is 42.0 Å². The van der Waals surface area contributed by atoms with Gasteiger partial charge in [0.25, 0.3) is 0 Å². The van der Waals surface area contributed by atoms with E-state index in [9.17, 15) is 0 Å². The van der Waals surface area contributed by atoms with Crippen LogP contribution in [0.5, 0.6) is 5.75 Å². The molecule has 1 aromatic heterocycles. The minimum Gasteiger partial charge on any atom is -0.496 e. The van der Waals surface area contributed by atoms with E-state index in [1.807, 2.05) is 30.3 Å². The second kappa shape index (κ2) is 5.19. The number of rotatable bonds is 3. The minimum absolute atomic E-state index is 0.524. The zero-order valence-corrected chi connectivity index (χ0v) is 10.3. The summed E-state index contributed by atoms with van der Waals surface area (Å²) in [5.74, 6) is 1.33. The SMILES string of the molecule is CNc1nc(-c2ccccc2OC)ccc1C#N. The largest absolute Gasteiger partial charge is 0.496 e. The Morgan fingerprint density at radius 3 is 2.67 bits per heavy atom. The molecule has 4 heteroatoms. The Hall–Kier alpha value is -2.54. The van der Waals surface area contributed by atoms with E-state index in [1.165, 1.54) is 0 Å². The second-order valence-corrected chi connectivity index (χ2v) is 3.65. The van der Waals surface area contributed by atoms with Crippen molar-refractivity contribution < 1.29 is 4.74 Å². The van der Waals surface area contributed by atoms with E-state index in [4.69, 9.17) is 10.00 Å². The Kier molecular flexibility index (Phi) is 3.44. The highest BCUT2D eigenvalue weighted by atomic mass is 16.5. The van der Waals surface area contributed by atoms with Crippen LogP contribution in [-0.4, -0.2) is 19.1 Å². The van der Waals surface area contributed by atoms with Gasteiger partial charge in [-0.2, -0.15) is 5.26 Å². The van der Waals surface area contributed by atoms with E-state index >= 15 is 0 Å². The summed E-state index contributed by atoms with van der Waals surface area (Å²) in [4.78, 5) is 4.43. The first-order chi connectivity index (χ1) is 8.80. The van der Waals surface area contributed by atoms with Gasteiger partial charge in [0.05, 0.1) is 18.4 Å². The van der Waals surface area contributed by atoms with E-state index in [-0.39, 0.29) is 0 Å². The first-order valence-corrected chi connectivity index (χ1v) is 5.52. The van der Waals surface area contributed by atoms with Crippen molar-refractivity contribution in [2.45, 2.75) is 0 Å². The fourth-order valence-corrected chi connectivity index (χ4v) is 1.75. The van der Waals surface area contributed by atoms with Crippen LogP contribution >= 0.6 is 0 Å². The van der Waals surface area contributed by atoms with Crippen molar-refractivity contribution in [2.24, 2.45) is 0 Å². The normalized spacial score (nSPS) is 9.61. The monoisotopic (exact) mass is 239 g/mol. The summed E-state index contributed by atoms with van der Waals surface area (Å²) in [6.07, 6.45) is 0. The molecule has 2 aromatic rings. The van der Waals surface area contributed by atoms with Gasteiger partial charge in [-0.05, 0) is 24.3 Å². The first-order valence-electron chi connectivity index (χ1n) is 5.52. The van der Waals surface area contributed by atoms with Crippen LogP contribution < -0.4 is 10.1 Å². The zero-order valence-electron chi connectivity index (χ0n) is 10.3. The molecule has 0 radical (unpaired) electrons. The Balaban J connectivity index is 2.55. The Morgan fingerprint density at radius 1 is 1.22 bits per heavy atom. The van der Waals surface area contributed by atoms with Gasteiger partial charge in [0.15, 0.2) is 0 Å². The standard InChI is InChI=1S/C14H13N3O/c1-16-14-10(9-15)7-8-12(17-14)11-5-3-4-6-13(11)18-2/h3-8H,1-2H3,(H,16,17). The number of ether oxygens (including phenoxy) is 1. The van der Waals surface area contributed by atoms with E-state index in [2.05, 4.69) is 16.4 Å². The predicted octanol–water partition coefficient (Wildman–Crippen LogP) is 2.67. The molecule has 0 aliphatic rings. The van der Waals surface area contributed by atoms with Crippen LogP contribution in [-0.2, 0) is 0 Å². The molecule has 18 heavy (non-hydrogen) atoms. The zero-order chi connectivity index (χ0) is 13.0. The summed E-state index contributed by atoms with van der Waals surface area (Å²) >= 11 is 0. The third-order valence-electron chi connectivity index (χ3n) is 2.64. The molecule has 0 saturated heterocycles. The van der Waals surface area contributed by atoms with E-state index in [0.29, 0.717) is 11.4 Å². The number of nitrogens with zero attached hydrogens (tertiary/aromatic N) is 2. The molecule has 0 spiro atoms. The van der Waals surface area contributed by atoms with Crippen molar-refractivity contribution in [1.29, 1.82) is 5.26 Å². The molecular formula is C14H13N3O. The molecule has 0 fully saturated rings. The van der Waals surface area contributed by atoms with Crippen molar-refractivity contribution in [3.8, 4) is 23.1 Å². The fourth-order valence-electron chi connectivity index (χ4n) is 1.75. The minimum atomic E-state index is 0.524. The molecule has 90 valence electrons. The van der Waals surface area contributed by atoms with Crippen LogP contribution in [0.15, 0.2) is 36.4 Å². The summed E-state index contributed by atoms with van der Waals surface area (Å²) in [6.45, 7) is 0. The number of benzene rings is 1. The van der Waals surface area contributed by atoms with Crippen LogP contribution in [0, 0.1) is 11.3 Å². The van der Waals surface area contributed by atoms with E-state index in [1.54, 1.807) is 20.2 Å². The topological polar surface area (TPSA) is 57.9 Å². The molecule has 0 unspecified atom stereocenters. The van der Waals surface area contributed by atoms with Gasteiger partial charge in [-0.25, -0.2) is 4.98 Å². The maximum Gasteiger partial charge on any atom is 0.144 e. The highest BCUT2D eigenvalue weighted by molar-refractivity contribution is 5.70. The van der Waals surface area contributed by atoms with Crippen LogP contribution in [0.25, 0.3) is 11.3 Å². The number of nitriles is 1. The highest BCUT2D eigenvalue weighted by Crippen LogP contribution is 2.29. The summed E-state index contributed by atoms with van der Waals surface area (Å²) in [5.41, 5.74) is 2.20. The number of hydrogen-bond donors (Lipinski definition) is 1. The summed E-state index contributed by atoms with van der Waals surface area (Å²) < 4.78 is 5.30. The molecule has 0 amide bonds. The van der Waals surface area contributed by atoms with Crippen LogP contribution in [0.1, 0.15) is 5.56 Å². The lowest BCUT2D eigenvalue weighted by Gasteiger charge is -2.09. The number of pyridine rings is 1. The third-order valence-corrected chi connectivity index (χ3v) is 2.64. The Bertz CT molecular complexity index is 602. The number of para-hydroxylation sites is 1. The predicted molar refractivity (Wildman–Crippen MR) is 70.5 cm³/mol. The second-order valence-electron chi connectivity index (χ2n) is 3.65. The van der Waals surface area contributed by atoms with Crippen molar-refractivity contribution in [3.63, 3.8) is 0 Å². The summed E-state index contributed by atoms with van der Waals surface area (Å²) in [6, 6.07) is 13.3. The Morgan fingerprint density at radius 2 is 2.00 bits per heavy atom. The number of hydrogen-bond acceptors (Lipinski definition) is 4. The van der Waals surface area contributed by atoms with Gasteiger partial charge in [0.2, 0.25) is 0 Å². The lowest BCUT2D eigenvalue weighted by Crippen LogP contribution is -1.98. The Labute approximate surface area is 106 Å². The highest BCUT2D eigenvalue weighted by Gasteiger charge is 2.09. The van der Waals surface area contributed by atoms with Crippen molar-refractivity contribution in [2.75, 3.05) is 19.5 Å². The molecule has 0 bridgehead atoms.